The fourth-order valence-corrected chi connectivity index (χ4v) is 3.26. The summed E-state index contributed by atoms with van der Waals surface area (Å²) in [7, 11) is -0.486. The topological polar surface area (TPSA) is 66.5 Å². The number of aryl methyl sites for hydroxylation is 1. The van der Waals surface area contributed by atoms with Crippen LogP contribution in [0.4, 0.5) is 0 Å². The number of carbonyl (C=O) groups excluding carboxylic acids is 1. The van der Waals surface area contributed by atoms with Crippen LogP contribution < -0.4 is 4.72 Å². The molecule has 1 aromatic rings. The number of hydrogen-bond donors (Lipinski definition) is 1. The fraction of sp³-hybridized carbons (Fsp3) is 0.533. The summed E-state index contributed by atoms with van der Waals surface area (Å²) in [5.74, 6) is 0.186. The molecule has 0 spiro atoms. The zero-order chi connectivity index (χ0) is 16.4. The molecule has 0 aromatic heterocycles. The molecule has 1 amide bonds. The average Bonchev–Trinajstić information content (AvgIpc) is 2.39. The second-order valence-corrected chi connectivity index (χ2v) is 7.56. The van der Waals surface area contributed by atoms with Crippen molar-refractivity contribution in [3.8, 4) is 0 Å². The molecule has 0 aliphatic carbocycles. The molecule has 21 heavy (non-hydrogen) atoms. The monoisotopic (exact) mass is 312 g/mol. The molecule has 0 fully saturated rings. The van der Waals surface area contributed by atoms with Gasteiger partial charge in [0.05, 0.1) is 4.90 Å². The van der Waals surface area contributed by atoms with Gasteiger partial charge in [-0.1, -0.05) is 13.8 Å². The van der Waals surface area contributed by atoms with Crippen LogP contribution in [0.15, 0.2) is 17.0 Å². The molecule has 0 saturated heterocycles. The predicted molar refractivity (Wildman–Crippen MR) is 84.0 cm³/mol. The molecule has 0 saturated carbocycles. The van der Waals surface area contributed by atoms with E-state index in [1.165, 1.54) is 13.1 Å². The lowest BCUT2D eigenvalue weighted by atomic mass is 10.0. The van der Waals surface area contributed by atoms with Gasteiger partial charge in [0.2, 0.25) is 10.0 Å². The van der Waals surface area contributed by atoms with E-state index in [9.17, 15) is 13.2 Å². The zero-order valence-corrected chi connectivity index (χ0v) is 14.3. The van der Waals surface area contributed by atoms with Crippen LogP contribution in [0, 0.1) is 19.8 Å². The number of rotatable bonds is 5. The van der Waals surface area contributed by atoms with E-state index in [1.807, 2.05) is 20.8 Å². The zero-order valence-electron chi connectivity index (χ0n) is 13.5. The maximum atomic E-state index is 12.4. The number of nitrogens with zero attached hydrogens (tertiary/aromatic N) is 1. The minimum atomic E-state index is -3.58. The molecule has 0 aliphatic heterocycles. The molecule has 0 atom stereocenters. The van der Waals surface area contributed by atoms with E-state index in [1.54, 1.807) is 24.9 Å². The summed E-state index contributed by atoms with van der Waals surface area (Å²) in [4.78, 5) is 14.2. The number of amides is 1. The highest BCUT2D eigenvalue weighted by atomic mass is 32.2. The Balaban J connectivity index is 3.31. The predicted octanol–water partition coefficient (Wildman–Crippen LogP) is 1.94. The van der Waals surface area contributed by atoms with Crippen LogP contribution in [-0.4, -0.2) is 39.9 Å². The van der Waals surface area contributed by atoms with Gasteiger partial charge >= 0.3 is 0 Å². The quantitative estimate of drug-likeness (QED) is 0.903. The van der Waals surface area contributed by atoms with E-state index >= 15 is 0 Å². The summed E-state index contributed by atoms with van der Waals surface area (Å²) < 4.78 is 26.4. The first-order valence-corrected chi connectivity index (χ1v) is 8.38. The van der Waals surface area contributed by atoms with Crippen molar-refractivity contribution in [2.24, 2.45) is 5.92 Å². The van der Waals surface area contributed by atoms with E-state index < -0.39 is 10.0 Å². The van der Waals surface area contributed by atoms with Crippen molar-refractivity contribution in [3.63, 3.8) is 0 Å². The maximum Gasteiger partial charge on any atom is 0.253 e. The van der Waals surface area contributed by atoms with E-state index in [2.05, 4.69) is 4.72 Å². The Bertz CT molecular complexity index is 637. The van der Waals surface area contributed by atoms with Gasteiger partial charge in [0.1, 0.15) is 0 Å². The van der Waals surface area contributed by atoms with Gasteiger partial charge in [0.15, 0.2) is 0 Å². The first-order chi connectivity index (χ1) is 9.60. The van der Waals surface area contributed by atoms with Gasteiger partial charge in [0, 0.05) is 19.2 Å². The number of carbonyl (C=O) groups is 1. The molecule has 1 rings (SSSR count). The fourth-order valence-electron chi connectivity index (χ4n) is 2.19. The van der Waals surface area contributed by atoms with Crippen molar-refractivity contribution in [2.75, 3.05) is 20.6 Å². The molecular weight excluding hydrogens is 288 g/mol. The van der Waals surface area contributed by atoms with Crippen LogP contribution in [0.2, 0.25) is 0 Å². The van der Waals surface area contributed by atoms with E-state index in [-0.39, 0.29) is 10.8 Å². The van der Waals surface area contributed by atoms with Gasteiger partial charge in [0.25, 0.3) is 5.91 Å². The molecule has 1 aromatic carbocycles. The Labute approximate surface area is 127 Å². The first kappa shape index (κ1) is 17.7. The molecule has 0 bridgehead atoms. The van der Waals surface area contributed by atoms with Crippen LogP contribution in [0.1, 0.15) is 35.3 Å². The van der Waals surface area contributed by atoms with Gasteiger partial charge in [-0.2, -0.15) is 0 Å². The van der Waals surface area contributed by atoms with Crippen molar-refractivity contribution in [1.29, 1.82) is 0 Å². The lowest BCUT2D eigenvalue weighted by Crippen LogP contribution is -2.30. The molecule has 6 heteroatoms. The van der Waals surface area contributed by atoms with Gasteiger partial charge in [-0.25, -0.2) is 13.1 Å². The van der Waals surface area contributed by atoms with Gasteiger partial charge in [-0.05, 0) is 50.1 Å². The number of sulfonamides is 1. The third-order valence-corrected chi connectivity index (χ3v) is 4.95. The SMILES string of the molecule is CNS(=O)(=O)c1cc(C(=O)N(C)CC(C)C)cc(C)c1C. The molecule has 118 valence electrons. The van der Waals surface area contributed by atoms with Crippen LogP contribution in [0.5, 0.6) is 0 Å². The summed E-state index contributed by atoms with van der Waals surface area (Å²) in [6.07, 6.45) is 0. The molecule has 0 heterocycles. The molecule has 0 radical (unpaired) electrons. The molecular formula is C15H24N2O3S. The number of nitrogens with one attached hydrogen (secondary N) is 1. The summed E-state index contributed by atoms with van der Waals surface area (Å²) in [6.45, 7) is 8.23. The third kappa shape index (κ3) is 4.04. The standard InChI is InChI=1S/C15H24N2O3S/c1-10(2)9-17(6)15(18)13-7-11(3)12(4)14(8-13)21(19,20)16-5/h7-8,10,16H,9H2,1-6H3. The average molecular weight is 312 g/mol. The highest BCUT2D eigenvalue weighted by molar-refractivity contribution is 7.89. The second-order valence-electron chi connectivity index (χ2n) is 5.70. The lowest BCUT2D eigenvalue weighted by Gasteiger charge is -2.20. The molecule has 5 nitrogen and oxygen atoms in total. The highest BCUT2D eigenvalue weighted by Crippen LogP contribution is 2.22. The van der Waals surface area contributed by atoms with E-state index in [0.29, 0.717) is 23.6 Å². The maximum absolute atomic E-state index is 12.4. The van der Waals surface area contributed by atoms with Crippen LogP contribution in [0.25, 0.3) is 0 Å². The second kappa shape index (κ2) is 6.58. The largest absolute Gasteiger partial charge is 0.341 e. The Morgan fingerprint density at radius 3 is 2.33 bits per heavy atom. The Hall–Kier alpha value is -1.40. The Kier molecular flexibility index (Phi) is 5.53. The van der Waals surface area contributed by atoms with Crippen molar-refractivity contribution in [2.45, 2.75) is 32.6 Å². The summed E-state index contributed by atoms with van der Waals surface area (Å²) >= 11 is 0. The van der Waals surface area contributed by atoms with Gasteiger partial charge < -0.3 is 4.90 Å². The lowest BCUT2D eigenvalue weighted by molar-refractivity contribution is 0.0779. The smallest absolute Gasteiger partial charge is 0.253 e. The van der Waals surface area contributed by atoms with Crippen LogP contribution in [-0.2, 0) is 10.0 Å². The Morgan fingerprint density at radius 2 is 1.86 bits per heavy atom. The minimum Gasteiger partial charge on any atom is -0.341 e. The summed E-state index contributed by atoms with van der Waals surface area (Å²) in [5, 5.41) is 0. The summed E-state index contributed by atoms with van der Waals surface area (Å²) in [5.41, 5.74) is 1.84. The van der Waals surface area contributed by atoms with Crippen molar-refractivity contribution in [1.82, 2.24) is 9.62 Å². The molecule has 1 N–H and O–H groups in total. The summed E-state index contributed by atoms with van der Waals surface area (Å²) in [6, 6.07) is 3.19. The van der Waals surface area contributed by atoms with Crippen LogP contribution >= 0.6 is 0 Å². The van der Waals surface area contributed by atoms with Crippen molar-refractivity contribution >= 4 is 15.9 Å². The van der Waals surface area contributed by atoms with E-state index in [0.717, 1.165) is 5.56 Å². The number of benzene rings is 1. The first-order valence-electron chi connectivity index (χ1n) is 6.90. The van der Waals surface area contributed by atoms with Crippen LogP contribution in [0.3, 0.4) is 0 Å². The Morgan fingerprint density at radius 1 is 1.29 bits per heavy atom. The van der Waals surface area contributed by atoms with Gasteiger partial charge in [-0.15, -0.1) is 0 Å². The van der Waals surface area contributed by atoms with Gasteiger partial charge in [-0.3, -0.25) is 4.79 Å². The normalized spacial score (nSPS) is 11.8. The van der Waals surface area contributed by atoms with Crippen molar-refractivity contribution < 1.29 is 13.2 Å². The number of hydrogen-bond acceptors (Lipinski definition) is 3. The minimum absolute atomic E-state index is 0.159. The van der Waals surface area contributed by atoms with E-state index in [4.69, 9.17) is 0 Å². The van der Waals surface area contributed by atoms with Crippen molar-refractivity contribution in [3.05, 3.63) is 28.8 Å². The third-order valence-electron chi connectivity index (χ3n) is 3.41. The highest BCUT2D eigenvalue weighted by Gasteiger charge is 2.21. The molecule has 0 unspecified atom stereocenters. The molecule has 0 aliphatic rings.